The van der Waals surface area contributed by atoms with Crippen molar-refractivity contribution in [3.05, 3.63) is 29.8 Å². The molecule has 3 saturated heterocycles. The first-order valence-electron chi connectivity index (χ1n) is 5.41. The summed E-state index contributed by atoms with van der Waals surface area (Å²) in [6.45, 7) is 2.14. The van der Waals surface area contributed by atoms with Gasteiger partial charge in [-0.05, 0) is 18.6 Å². The summed E-state index contributed by atoms with van der Waals surface area (Å²) in [6.07, 6.45) is 2.22. The Balaban J connectivity index is 1.82. The van der Waals surface area contributed by atoms with Gasteiger partial charge in [0, 0.05) is 36.4 Å². The fraction of sp³-hybridized carbons (Fsp3) is 0.417. The highest BCUT2D eigenvalue weighted by molar-refractivity contribution is 5.77. The molecule has 0 aliphatic carbocycles. The van der Waals surface area contributed by atoms with E-state index in [1.807, 2.05) is 18.2 Å². The molecule has 0 aromatic heterocycles. The van der Waals surface area contributed by atoms with E-state index in [2.05, 4.69) is 16.3 Å². The number of hydrogen-bond acceptors (Lipinski definition) is 3. The average Bonchev–Trinajstić information content (AvgIpc) is 2.28. The molecule has 2 unspecified atom stereocenters. The molecule has 3 fully saturated rings. The number of anilines is 1. The van der Waals surface area contributed by atoms with E-state index in [4.69, 9.17) is 0 Å². The minimum atomic E-state index is 0.656. The van der Waals surface area contributed by atoms with E-state index in [9.17, 15) is 4.79 Å². The second-order valence-corrected chi connectivity index (χ2v) is 4.41. The summed E-state index contributed by atoms with van der Waals surface area (Å²) in [4.78, 5) is 13.0. The topological polar surface area (TPSA) is 32.3 Å². The van der Waals surface area contributed by atoms with Crippen LogP contribution in [-0.2, 0) is 0 Å². The van der Waals surface area contributed by atoms with Crippen LogP contribution in [0.15, 0.2) is 24.3 Å². The molecule has 4 rings (SSSR count). The van der Waals surface area contributed by atoms with Crippen LogP contribution in [0.3, 0.4) is 0 Å². The lowest BCUT2D eigenvalue weighted by atomic mass is 9.91. The van der Waals surface area contributed by atoms with Crippen LogP contribution in [0.5, 0.6) is 0 Å². The van der Waals surface area contributed by atoms with Crippen molar-refractivity contribution in [2.75, 3.05) is 18.0 Å². The van der Waals surface area contributed by atoms with Crippen LogP contribution in [0.1, 0.15) is 16.8 Å². The summed E-state index contributed by atoms with van der Waals surface area (Å²) in [7, 11) is 0. The van der Waals surface area contributed by atoms with Crippen molar-refractivity contribution >= 4 is 12.0 Å². The van der Waals surface area contributed by atoms with Crippen LogP contribution in [0.4, 0.5) is 5.69 Å². The number of rotatable bonds is 2. The number of fused-ring (bicyclic) bond motifs is 2. The SMILES string of the molecule is O=Cc1cccc(N2CC3CC(C2)N3)c1. The maximum Gasteiger partial charge on any atom is 0.150 e. The zero-order chi connectivity index (χ0) is 10.3. The van der Waals surface area contributed by atoms with Crippen LogP contribution >= 0.6 is 0 Å². The van der Waals surface area contributed by atoms with Gasteiger partial charge in [0.25, 0.3) is 0 Å². The Hall–Kier alpha value is -1.35. The summed E-state index contributed by atoms with van der Waals surface area (Å²) in [5.41, 5.74) is 1.94. The van der Waals surface area contributed by atoms with E-state index in [1.165, 1.54) is 12.1 Å². The van der Waals surface area contributed by atoms with Crippen molar-refractivity contribution in [2.24, 2.45) is 0 Å². The lowest BCUT2D eigenvalue weighted by Crippen LogP contribution is -2.67. The molecule has 1 N–H and O–H groups in total. The van der Waals surface area contributed by atoms with Gasteiger partial charge in [-0.15, -0.1) is 0 Å². The van der Waals surface area contributed by atoms with Crippen molar-refractivity contribution in [2.45, 2.75) is 18.5 Å². The second-order valence-electron chi connectivity index (χ2n) is 4.41. The zero-order valence-corrected chi connectivity index (χ0v) is 8.52. The van der Waals surface area contributed by atoms with Crippen molar-refractivity contribution in [1.82, 2.24) is 5.32 Å². The van der Waals surface area contributed by atoms with Gasteiger partial charge in [-0.25, -0.2) is 0 Å². The first-order chi connectivity index (χ1) is 7.35. The fourth-order valence-corrected chi connectivity index (χ4v) is 2.52. The molecule has 3 heterocycles. The molecule has 3 heteroatoms. The van der Waals surface area contributed by atoms with Crippen molar-refractivity contribution in [3.63, 3.8) is 0 Å². The van der Waals surface area contributed by atoms with Crippen molar-refractivity contribution in [1.29, 1.82) is 0 Å². The van der Waals surface area contributed by atoms with E-state index < -0.39 is 0 Å². The number of nitrogens with one attached hydrogen (secondary N) is 1. The Kier molecular flexibility index (Phi) is 1.99. The molecular formula is C12H14N2O. The van der Waals surface area contributed by atoms with Gasteiger partial charge in [0.05, 0.1) is 0 Å². The van der Waals surface area contributed by atoms with Crippen molar-refractivity contribution in [3.8, 4) is 0 Å². The number of carbonyl (C=O) groups excluding carboxylic acids is 1. The number of aldehydes is 1. The minimum absolute atomic E-state index is 0.656. The number of nitrogens with zero attached hydrogens (tertiary/aromatic N) is 1. The number of hydrogen-bond donors (Lipinski definition) is 1. The fourth-order valence-electron chi connectivity index (χ4n) is 2.52. The monoisotopic (exact) mass is 202 g/mol. The lowest BCUT2D eigenvalue weighted by Gasteiger charge is -2.49. The molecule has 2 atom stereocenters. The molecule has 78 valence electrons. The normalized spacial score (nSPS) is 28.4. The summed E-state index contributed by atoms with van der Waals surface area (Å²) < 4.78 is 0. The van der Waals surface area contributed by atoms with E-state index >= 15 is 0 Å². The van der Waals surface area contributed by atoms with Crippen LogP contribution in [0.2, 0.25) is 0 Å². The summed E-state index contributed by atoms with van der Waals surface area (Å²) >= 11 is 0. The zero-order valence-electron chi connectivity index (χ0n) is 8.52. The number of piperazine rings is 1. The predicted octanol–water partition coefficient (Wildman–Crippen LogP) is 1.05. The van der Waals surface area contributed by atoms with Gasteiger partial charge in [0.2, 0.25) is 0 Å². The first-order valence-corrected chi connectivity index (χ1v) is 5.41. The van der Waals surface area contributed by atoms with Gasteiger partial charge >= 0.3 is 0 Å². The highest BCUT2D eigenvalue weighted by atomic mass is 16.1. The Morgan fingerprint density at radius 1 is 1.33 bits per heavy atom. The molecule has 3 aliphatic heterocycles. The Morgan fingerprint density at radius 3 is 2.73 bits per heavy atom. The molecule has 0 amide bonds. The molecule has 0 radical (unpaired) electrons. The van der Waals surface area contributed by atoms with Crippen molar-refractivity contribution < 1.29 is 4.79 Å². The van der Waals surface area contributed by atoms with Gasteiger partial charge in [-0.3, -0.25) is 4.79 Å². The Labute approximate surface area is 89.1 Å². The molecule has 15 heavy (non-hydrogen) atoms. The van der Waals surface area contributed by atoms with Gasteiger partial charge in [-0.2, -0.15) is 0 Å². The predicted molar refractivity (Wildman–Crippen MR) is 59.4 cm³/mol. The molecule has 1 aromatic carbocycles. The number of carbonyl (C=O) groups is 1. The van der Waals surface area contributed by atoms with Gasteiger partial charge in [0.1, 0.15) is 6.29 Å². The summed E-state index contributed by atoms with van der Waals surface area (Å²) in [5.74, 6) is 0. The van der Waals surface area contributed by atoms with Gasteiger partial charge < -0.3 is 10.2 Å². The molecule has 1 aromatic rings. The summed E-state index contributed by atoms with van der Waals surface area (Å²) in [5, 5.41) is 3.50. The van der Waals surface area contributed by atoms with Crippen LogP contribution in [-0.4, -0.2) is 31.5 Å². The number of piperidine rings is 1. The molecule has 3 nitrogen and oxygen atoms in total. The second kappa shape index (κ2) is 3.35. The number of benzene rings is 1. The Bertz CT molecular complexity index is 375. The third-order valence-electron chi connectivity index (χ3n) is 3.29. The molecule has 0 saturated carbocycles. The average molecular weight is 202 g/mol. The molecule has 2 bridgehead atoms. The Morgan fingerprint density at radius 2 is 2.07 bits per heavy atom. The van der Waals surface area contributed by atoms with Gasteiger partial charge in [0.15, 0.2) is 0 Å². The third-order valence-corrected chi connectivity index (χ3v) is 3.29. The standard InChI is InChI=1S/C12H14N2O/c15-8-9-2-1-3-12(4-9)14-6-10-5-11(7-14)13-10/h1-4,8,10-11,13H,5-7H2. The quantitative estimate of drug-likeness (QED) is 0.727. The van der Waals surface area contributed by atoms with Gasteiger partial charge in [-0.1, -0.05) is 12.1 Å². The minimum Gasteiger partial charge on any atom is -0.368 e. The van der Waals surface area contributed by atoms with E-state index in [-0.39, 0.29) is 0 Å². The van der Waals surface area contributed by atoms with E-state index in [1.54, 1.807) is 0 Å². The van der Waals surface area contributed by atoms with E-state index in [0.717, 1.165) is 24.9 Å². The molecule has 3 aliphatic rings. The maximum absolute atomic E-state index is 10.7. The first kappa shape index (κ1) is 8.92. The highest BCUT2D eigenvalue weighted by Gasteiger charge is 2.36. The van der Waals surface area contributed by atoms with Crippen LogP contribution in [0.25, 0.3) is 0 Å². The lowest BCUT2D eigenvalue weighted by molar-refractivity contribution is 0.112. The molecular weight excluding hydrogens is 188 g/mol. The third kappa shape index (κ3) is 1.53. The smallest absolute Gasteiger partial charge is 0.150 e. The highest BCUT2D eigenvalue weighted by Crippen LogP contribution is 2.26. The largest absolute Gasteiger partial charge is 0.368 e. The summed E-state index contributed by atoms with van der Waals surface area (Å²) in [6, 6.07) is 9.16. The van der Waals surface area contributed by atoms with E-state index in [0.29, 0.717) is 12.1 Å². The van der Waals surface area contributed by atoms with Crippen LogP contribution in [0, 0.1) is 0 Å². The molecule has 0 spiro atoms. The van der Waals surface area contributed by atoms with Crippen LogP contribution < -0.4 is 10.2 Å². The maximum atomic E-state index is 10.7.